The molecule has 0 bridgehead atoms. The number of esters is 4. The highest BCUT2D eigenvalue weighted by Crippen LogP contribution is 2.43. The van der Waals surface area contributed by atoms with Crippen LogP contribution in [0.15, 0.2) is 24.3 Å². The number of carbonyl (C=O) groups is 4. The van der Waals surface area contributed by atoms with Gasteiger partial charge in [-0.05, 0) is 41.7 Å². The molecule has 0 N–H and O–H groups in total. The molecule has 1 aliphatic heterocycles. The molecule has 0 saturated heterocycles. The minimum Gasteiger partial charge on any atom is -0.468 e. The molecular weight excluding hydrogens is 432 g/mol. The van der Waals surface area contributed by atoms with Crippen molar-refractivity contribution in [2.45, 2.75) is 51.9 Å². The summed E-state index contributed by atoms with van der Waals surface area (Å²) in [6.07, 6.45) is 1.94. The first kappa shape index (κ1) is 24.4. The van der Waals surface area contributed by atoms with Crippen LogP contribution in [0.1, 0.15) is 42.2 Å². The van der Waals surface area contributed by atoms with Crippen molar-refractivity contribution < 1.29 is 42.9 Å². The number of ether oxygens (including phenoxy) is 5. The number of benzene rings is 1. The molecule has 33 heavy (non-hydrogen) atoms. The lowest BCUT2D eigenvalue weighted by Gasteiger charge is -2.32. The van der Waals surface area contributed by atoms with Crippen LogP contribution >= 0.6 is 0 Å². The Morgan fingerprint density at radius 2 is 1.67 bits per heavy atom. The van der Waals surface area contributed by atoms with Gasteiger partial charge < -0.3 is 23.7 Å². The zero-order valence-electron chi connectivity index (χ0n) is 19.3. The van der Waals surface area contributed by atoms with Gasteiger partial charge in [0.1, 0.15) is 24.9 Å². The third-order valence-electron chi connectivity index (χ3n) is 6.08. The molecule has 1 heterocycles. The van der Waals surface area contributed by atoms with Crippen LogP contribution in [-0.4, -0.2) is 56.9 Å². The maximum Gasteiger partial charge on any atom is 0.323 e. The Morgan fingerprint density at radius 1 is 1.00 bits per heavy atom. The zero-order valence-corrected chi connectivity index (χ0v) is 19.3. The van der Waals surface area contributed by atoms with Crippen molar-refractivity contribution in [2.75, 3.05) is 20.8 Å². The number of hydrogen-bond acceptors (Lipinski definition) is 9. The molecule has 3 rings (SSSR count). The van der Waals surface area contributed by atoms with Crippen LogP contribution in [0.25, 0.3) is 0 Å². The molecule has 3 atom stereocenters. The standard InChI is InChI=1S/C24H28O9/c1-13-17(19-8-9-20(32-15(3)26)21(33-19)12-31-14(2)25)7-6-16-10-24(11-18(13)16,22(27)29-4)23(28)30-5/h6-9,19-21H,10-12H2,1-5H3/t19-,20-,21+/m0/s1. The van der Waals surface area contributed by atoms with E-state index in [1.807, 2.05) is 19.1 Å². The van der Waals surface area contributed by atoms with Crippen molar-refractivity contribution in [1.82, 2.24) is 0 Å². The van der Waals surface area contributed by atoms with E-state index in [-0.39, 0.29) is 19.4 Å². The summed E-state index contributed by atoms with van der Waals surface area (Å²) < 4.78 is 26.4. The SMILES string of the molecule is COC(=O)C1(C(=O)OC)Cc2ccc([C@@H]3C=C[C@H](OC(C)=O)[C@@H](COC(C)=O)O3)c(C)c2C1. The second kappa shape index (κ2) is 9.74. The van der Waals surface area contributed by atoms with Crippen molar-refractivity contribution in [3.05, 3.63) is 46.5 Å². The van der Waals surface area contributed by atoms with Crippen LogP contribution in [0.2, 0.25) is 0 Å². The van der Waals surface area contributed by atoms with Gasteiger partial charge >= 0.3 is 23.9 Å². The molecule has 178 valence electrons. The summed E-state index contributed by atoms with van der Waals surface area (Å²) in [5.74, 6) is -2.21. The van der Waals surface area contributed by atoms with Crippen LogP contribution in [0.3, 0.4) is 0 Å². The summed E-state index contributed by atoms with van der Waals surface area (Å²) in [5.41, 5.74) is 2.00. The van der Waals surface area contributed by atoms with Gasteiger partial charge in [0.25, 0.3) is 0 Å². The summed E-state index contributed by atoms with van der Waals surface area (Å²) >= 11 is 0. The molecule has 0 spiro atoms. The molecule has 0 saturated carbocycles. The predicted octanol–water partition coefficient (Wildman–Crippen LogP) is 1.92. The van der Waals surface area contributed by atoms with Crippen LogP contribution in [-0.2, 0) is 55.7 Å². The third-order valence-corrected chi connectivity index (χ3v) is 6.08. The topological polar surface area (TPSA) is 114 Å². The fourth-order valence-corrected chi connectivity index (χ4v) is 4.47. The summed E-state index contributed by atoms with van der Waals surface area (Å²) in [6.45, 7) is 4.40. The van der Waals surface area contributed by atoms with Gasteiger partial charge in [-0.1, -0.05) is 18.2 Å². The first-order chi connectivity index (χ1) is 15.6. The van der Waals surface area contributed by atoms with Gasteiger partial charge in [0.05, 0.1) is 14.2 Å². The number of hydrogen-bond donors (Lipinski definition) is 0. The van der Waals surface area contributed by atoms with Crippen molar-refractivity contribution in [3.63, 3.8) is 0 Å². The van der Waals surface area contributed by atoms with Gasteiger partial charge in [-0.2, -0.15) is 0 Å². The van der Waals surface area contributed by atoms with Crippen LogP contribution in [0.5, 0.6) is 0 Å². The molecule has 9 nitrogen and oxygen atoms in total. The fourth-order valence-electron chi connectivity index (χ4n) is 4.47. The molecule has 1 aromatic rings. The highest BCUT2D eigenvalue weighted by atomic mass is 16.6. The summed E-state index contributed by atoms with van der Waals surface area (Å²) in [5, 5.41) is 0. The van der Waals surface area contributed by atoms with E-state index >= 15 is 0 Å². The van der Waals surface area contributed by atoms with Gasteiger partial charge in [0, 0.05) is 20.3 Å². The van der Waals surface area contributed by atoms with Crippen LogP contribution in [0.4, 0.5) is 0 Å². The Morgan fingerprint density at radius 3 is 2.24 bits per heavy atom. The predicted molar refractivity (Wildman–Crippen MR) is 114 cm³/mol. The Kier molecular flexibility index (Phi) is 7.22. The second-order valence-corrected chi connectivity index (χ2v) is 8.19. The van der Waals surface area contributed by atoms with E-state index < -0.39 is 47.6 Å². The van der Waals surface area contributed by atoms with E-state index in [1.165, 1.54) is 28.1 Å². The van der Waals surface area contributed by atoms with Crippen molar-refractivity contribution >= 4 is 23.9 Å². The molecule has 0 unspecified atom stereocenters. The molecule has 0 amide bonds. The van der Waals surface area contributed by atoms with E-state index in [9.17, 15) is 19.2 Å². The number of rotatable bonds is 6. The summed E-state index contributed by atoms with van der Waals surface area (Å²) in [7, 11) is 2.50. The Hall–Kier alpha value is -3.20. The summed E-state index contributed by atoms with van der Waals surface area (Å²) in [4.78, 5) is 47.9. The Bertz CT molecular complexity index is 978. The number of fused-ring (bicyclic) bond motifs is 1. The van der Waals surface area contributed by atoms with E-state index in [1.54, 1.807) is 12.2 Å². The minimum absolute atomic E-state index is 0.0775. The van der Waals surface area contributed by atoms with Crippen LogP contribution in [0, 0.1) is 12.3 Å². The Balaban J connectivity index is 1.92. The average molecular weight is 460 g/mol. The zero-order chi connectivity index (χ0) is 24.3. The molecular formula is C24H28O9. The van der Waals surface area contributed by atoms with Gasteiger partial charge in [0.15, 0.2) is 5.41 Å². The molecule has 9 heteroatoms. The lowest BCUT2D eigenvalue weighted by Crippen LogP contribution is -2.42. The monoisotopic (exact) mass is 460 g/mol. The molecule has 0 aromatic heterocycles. The summed E-state index contributed by atoms with van der Waals surface area (Å²) in [6, 6.07) is 3.74. The molecule has 0 radical (unpaired) electrons. The highest BCUT2D eigenvalue weighted by Gasteiger charge is 2.53. The molecule has 1 aliphatic carbocycles. The first-order valence-electron chi connectivity index (χ1n) is 10.6. The van der Waals surface area contributed by atoms with Gasteiger partial charge in [-0.3, -0.25) is 19.2 Å². The molecule has 2 aliphatic rings. The van der Waals surface area contributed by atoms with Crippen molar-refractivity contribution in [1.29, 1.82) is 0 Å². The van der Waals surface area contributed by atoms with E-state index in [0.29, 0.717) is 0 Å². The molecule has 1 aromatic carbocycles. The highest BCUT2D eigenvalue weighted by molar-refractivity contribution is 6.01. The van der Waals surface area contributed by atoms with E-state index in [4.69, 9.17) is 23.7 Å². The van der Waals surface area contributed by atoms with Crippen LogP contribution < -0.4 is 0 Å². The fraction of sp³-hybridized carbons (Fsp3) is 0.500. The van der Waals surface area contributed by atoms with E-state index in [0.717, 1.165) is 22.3 Å². The lowest BCUT2D eigenvalue weighted by atomic mass is 9.84. The van der Waals surface area contributed by atoms with Crippen molar-refractivity contribution in [3.8, 4) is 0 Å². The number of carbonyl (C=O) groups excluding carboxylic acids is 4. The normalized spacial score (nSPS) is 22.8. The first-order valence-corrected chi connectivity index (χ1v) is 10.6. The maximum atomic E-state index is 12.6. The minimum atomic E-state index is -1.42. The van der Waals surface area contributed by atoms with E-state index in [2.05, 4.69) is 0 Å². The van der Waals surface area contributed by atoms with Gasteiger partial charge in [-0.25, -0.2) is 0 Å². The Labute approximate surface area is 192 Å². The smallest absolute Gasteiger partial charge is 0.323 e. The third kappa shape index (κ3) is 4.78. The second-order valence-electron chi connectivity index (χ2n) is 8.19. The quantitative estimate of drug-likeness (QED) is 0.272. The molecule has 0 fully saturated rings. The number of methoxy groups -OCH3 is 2. The largest absolute Gasteiger partial charge is 0.468 e. The van der Waals surface area contributed by atoms with Gasteiger partial charge in [-0.15, -0.1) is 0 Å². The maximum absolute atomic E-state index is 12.6. The lowest BCUT2D eigenvalue weighted by molar-refractivity contribution is -0.168. The van der Waals surface area contributed by atoms with Gasteiger partial charge in [0.2, 0.25) is 0 Å². The van der Waals surface area contributed by atoms with Crippen molar-refractivity contribution in [2.24, 2.45) is 5.41 Å². The average Bonchev–Trinajstić information content (AvgIpc) is 3.19.